The number of carbonyl (C=O) groups excluding carboxylic acids is 2. The molecule has 3 aromatic rings. The summed E-state index contributed by atoms with van der Waals surface area (Å²) in [7, 11) is -2.76. The van der Waals surface area contributed by atoms with Crippen LogP contribution >= 0.6 is 0 Å². The fraction of sp³-hybridized carbons (Fsp3) is 0.333. The Bertz CT molecular complexity index is 1480. The van der Waals surface area contributed by atoms with E-state index in [1.807, 2.05) is 13.8 Å². The van der Waals surface area contributed by atoms with Crippen LogP contribution in [0.15, 0.2) is 83.8 Å². The summed E-state index contributed by atoms with van der Waals surface area (Å²) >= 11 is 0. The first-order chi connectivity index (χ1) is 20.0. The molecule has 3 aromatic carbocycles. The molecule has 11 nitrogen and oxygen atoms in total. The number of sulfonamides is 1. The number of nitrogens with zero attached hydrogens (tertiary/aromatic N) is 3. The van der Waals surface area contributed by atoms with Crippen molar-refractivity contribution in [2.75, 3.05) is 18.0 Å². The number of non-ortho nitro benzene ring substituents is 1. The van der Waals surface area contributed by atoms with E-state index in [1.54, 1.807) is 49.4 Å². The van der Waals surface area contributed by atoms with Crippen LogP contribution in [0.25, 0.3) is 0 Å². The van der Waals surface area contributed by atoms with E-state index in [0.717, 1.165) is 4.31 Å². The van der Waals surface area contributed by atoms with Gasteiger partial charge in [0.1, 0.15) is 18.3 Å². The second kappa shape index (κ2) is 14.4. The third-order valence-electron chi connectivity index (χ3n) is 6.83. The predicted octanol–water partition coefficient (Wildman–Crippen LogP) is 4.52. The Balaban J connectivity index is 2.08. The molecule has 0 aromatic heterocycles. The Morgan fingerprint density at radius 1 is 0.976 bits per heavy atom. The summed E-state index contributed by atoms with van der Waals surface area (Å²) in [5, 5.41) is 14.2. The summed E-state index contributed by atoms with van der Waals surface area (Å²) in [6, 6.07) is 18.5. The van der Waals surface area contributed by atoms with Gasteiger partial charge in [0.25, 0.3) is 15.7 Å². The zero-order chi connectivity index (χ0) is 30.9. The number of amides is 2. The lowest BCUT2D eigenvalue weighted by atomic mass is 10.1. The minimum Gasteiger partial charge on any atom is -0.497 e. The van der Waals surface area contributed by atoms with E-state index < -0.39 is 33.4 Å². The zero-order valence-electron chi connectivity index (χ0n) is 24.1. The lowest BCUT2D eigenvalue weighted by Gasteiger charge is -2.33. The summed E-state index contributed by atoms with van der Waals surface area (Å²) in [6.07, 6.45) is 0.968. The Morgan fingerprint density at radius 3 is 2.21 bits per heavy atom. The first-order valence-electron chi connectivity index (χ1n) is 13.6. The van der Waals surface area contributed by atoms with Crippen LogP contribution in [0.4, 0.5) is 11.4 Å². The van der Waals surface area contributed by atoms with Crippen molar-refractivity contribution in [3.63, 3.8) is 0 Å². The maximum absolute atomic E-state index is 14.1. The normalized spacial score (nSPS) is 12.6. The number of rotatable bonds is 14. The summed E-state index contributed by atoms with van der Waals surface area (Å²) in [5.41, 5.74) is 0.524. The van der Waals surface area contributed by atoms with Gasteiger partial charge in [0.05, 0.1) is 22.6 Å². The fourth-order valence-electron chi connectivity index (χ4n) is 4.32. The molecule has 0 unspecified atom stereocenters. The molecule has 0 saturated heterocycles. The van der Waals surface area contributed by atoms with E-state index in [1.165, 1.54) is 48.4 Å². The minimum atomic E-state index is -4.28. The molecule has 3 rings (SSSR count). The summed E-state index contributed by atoms with van der Waals surface area (Å²) in [6.45, 7) is 4.94. The third-order valence-corrected chi connectivity index (χ3v) is 8.62. The minimum absolute atomic E-state index is 0.0158. The molecule has 0 aliphatic rings. The quantitative estimate of drug-likeness (QED) is 0.213. The van der Waals surface area contributed by atoms with Crippen LogP contribution in [0.2, 0.25) is 0 Å². The highest BCUT2D eigenvalue weighted by Gasteiger charge is 2.34. The van der Waals surface area contributed by atoms with Gasteiger partial charge in [-0.25, -0.2) is 8.42 Å². The van der Waals surface area contributed by atoms with Gasteiger partial charge in [0.15, 0.2) is 0 Å². The van der Waals surface area contributed by atoms with E-state index in [-0.39, 0.29) is 41.2 Å². The van der Waals surface area contributed by atoms with Crippen LogP contribution in [-0.2, 0) is 26.2 Å². The highest BCUT2D eigenvalue weighted by Crippen LogP contribution is 2.27. The van der Waals surface area contributed by atoms with Gasteiger partial charge in [-0.3, -0.25) is 24.0 Å². The number of hydrogen-bond donors (Lipinski definition) is 1. The van der Waals surface area contributed by atoms with E-state index in [9.17, 15) is 28.1 Å². The van der Waals surface area contributed by atoms with Crippen molar-refractivity contribution in [2.45, 2.75) is 57.1 Å². The zero-order valence-corrected chi connectivity index (χ0v) is 24.9. The van der Waals surface area contributed by atoms with Crippen molar-refractivity contribution in [2.24, 2.45) is 0 Å². The molecule has 0 spiro atoms. The average molecular weight is 597 g/mol. The van der Waals surface area contributed by atoms with Crippen LogP contribution in [0, 0.1) is 10.1 Å². The van der Waals surface area contributed by atoms with Gasteiger partial charge in [-0.1, -0.05) is 44.2 Å². The molecule has 0 bridgehead atoms. The number of methoxy groups -OCH3 is 1. The molecular weight excluding hydrogens is 560 g/mol. The highest BCUT2D eigenvalue weighted by atomic mass is 32.2. The van der Waals surface area contributed by atoms with Gasteiger partial charge < -0.3 is 15.0 Å². The van der Waals surface area contributed by atoms with Crippen molar-refractivity contribution >= 4 is 33.2 Å². The van der Waals surface area contributed by atoms with Crippen LogP contribution in [0.3, 0.4) is 0 Å². The molecule has 0 fully saturated rings. The average Bonchev–Trinajstić information content (AvgIpc) is 3.00. The topological polar surface area (TPSA) is 139 Å². The molecule has 12 heteroatoms. The Morgan fingerprint density at radius 2 is 1.64 bits per heavy atom. The third kappa shape index (κ3) is 7.84. The smallest absolute Gasteiger partial charge is 0.269 e. The number of ether oxygens (including phenoxy) is 1. The molecule has 2 atom stereocenters. The first-order valence-corrected chi connectivity index (χ1v) is 15.0. The number of nitrogens with one attached hydrogen (secondary N) is 1. The Kier molecular flexibility index (Phi) is 11.0. The number of carbonyl (C=O) groups is 2. The molecule has 1 N–H and O–H groups in total. The van der Waals surface area contributed by atoms with Crippen molar-refractivity contribution in [3.8, 4) is 5.75 Å². The van der Waals surface area contributed by atoms with Gasteiger partial charge in [-0.2, -0.15) is 0 Å². The highest BCUT2D eigenvalue weighted by molar-refractivity contribution is 7.92. The monoisotopic (exact) mass is 596 g/mol. The van der Waals surface area contributed by atoms with Crippen molar-refractivity contribution in [1.29, 1.82) is 0 Å². The van der Waals surface area contributed by atoms with E-state index in [0.29, 0.717) is 17.7 Å². The van der Waals surface area contributed by atoms with Crippen LogP contribution < -0.4 is 14.4 Å². The number of nitro groups is 1. The molecule has 0 saturated carbocycles. The van der Waals surface area contributed by atoms with E-state index >= 15 is 0 Å². The summed E-state index contributed by atoms with van der Waals surface area (Å²) in [5.74, 6) is -0.408. The molecule has 2 amide bonds. The Labute approximate surface area is 246 Å². The number of benzene rings is 3. The van der Waals surface area contributed by atoms with Gasteiger partial charge >= 0.3 is 0 Å². The molecule has 0 heterocycles. The van der Waals surface area contributed by atoms with E-state index in [2.05, 4.69) is 5.32 Å². The van der Waals surface area contributed by atoms with Crippen LogP contribution in [0.5, 0.6) is 5.75 Å². The van der Waals surface area contributed by atoms with Gasteiger partial charge in [-0.15, -0.1) is 0 Å². The SMILES string of the molecule is CC[C@H](C)NC(=O)[C@H](CC)N(Cc1cccc(OC)c1)C(=O)CN(c1ccc([N+](=O)[O-])cc1)S(=O)(=O)c1ccccc1. The molecule has 0 radical (unpaired) electrons. The van der Waals surface area contributed by atoms with Gasteiger partial charge in [0.2, 0.25) is 11.8 Å². The predicted molar refractivity (Wildman–Crippen MR) is 160 cm³/mol. The standard InChI is InChI=1S/C30H36N4O7S/c1-5-22(3)31-30(36)28(6-2)32(20-23-11-10-12-26(19-23)41-4)29(35)21-33(24-15-17-25(18-16-24)34(37)38)42(39,40)27-13-8-7-9-14-27/h7-19,22,28H,5-6,20-21H2,1-4H3,(H,31,36)/t22-,28-/m0/s1. The van der Waals surface area contributed by atoms with Crippen LogP contribution in [0.1, 0.15) is 39.2 Å². The maximum atomic E-state index is 14.1. The molecule has 0 aliphatic carbocycles. The largest absolute Gasteiger partial charge is 0.497 e. The Hall–Kier alpha value is -4.45. The van der Waals surface area contributed by atoms with Crippen molar-refractivity contribution in [1.82, 2.24) is 10.2 Å². The number of anilines is 1. The second-order valence-electron chi connectivity index (χ2n) is 9.71. The van der Waals surface area contributed by atoms with Crippen molar-refractivity contribution < 1.29 is 27.7 Å². The number of hydrogen-bond acceptors (Lipinski definition) is 7. The summed E-state index contributed by atoms with van der Waals surface area (Å²) < 4.78 is 33.9. The molecular formula is C30H36N4O7S. The second-order valence-corrected chi connectivity index (χ2v) is 11.6. The van der Waals surface area contributed by atoms with Crippen molar-refractivity contribution in [3.05, 3.63) is 94.5 Å². The maximum Gasteiger partial charge on any atom is 0.269 e. The first kappa shape index (κ1) is 32.1. The van der Waals surface area contributed by atoms with Crippen LogP contribution in [-0.4, -0.2) is 55.8 Å². The molecule has 0 aliphatic heterocycles. The number of nitro benzene ring substituents is 1. The fourth-order valence-corrected chi connectivity index (χ4v) is 5.75. The molecule has 224 valence electrons. The summed E-state index contributed by atoms with van der Waals surface area (Å²) in [4.78, 5) is 39.4. The van der Waals surface area contributed by atoms with Gasteiger partial charge in [-0.05, 0) is 61.7 Å². The lowest BCUT2D eigenvalue weighted by molar-refractivity contribution is -0.384. The molecule has 42 heavy (non-hydrogen) atoms. The lowest BCUT2D eigenvalue weighted by Crippen LogP contribution is -2.53. The van der Waals surface area contributed by atoms with Gasteiger partial charge in [0, 0.05) is 24.7 Å². The van der Waals surface area contributed by atoms with E-state index in [4.69, 9.17) is 4.74 Å².